The predicted octanol–water partition coefficient (Wildman–Crippen LogP) is 0.435. The van der Waals surface area contributed by atoms with Crippen molar-refractivity contribution in [2.75, 3.05) is 39.3 Å². The van der Waals surface area contributed by atoms with Gasteiger partial charge < -0.3 is 15.0 Å². The summed E-state index contributed by atoms with van der Waals surface area (Å²) in [6.07, 6.45) is 1.80. The second kappa shape index (κ2) is 7.26. The first-order valence-electron chi connectivity index (χ1n) is 9.24. The Hall–Kier alpha value is -1.48. The zero-order valence-electron chi connectivity index (χ0n) is 14.7. The molecule has 0 saturated carbocycles. The molecule has 3 aliphatic rings. The lowest BCUT2D eigenvalue weighted by Gasteiger charge is -2.18. The third-order valence-corrected chi connectivity index (χ3v) is 7.05. The number of fused-ring (bicyclic) bond motifs is 1. The van der Waals surface area contributed by atoms with E-state index in [-0.39, 0.29) is 23.5 Å². The molecule has 1 unspecified atom stereocenters. The van der Waals surface area contributed by atoms with Gasteiger partial charge in [-0.05, 0) is 48.9 Å². The fourth-order valence-corrected chi connectivity index (χ4v) is 5.14. The second-order valence-corrected chi connectivity index (χ2v) is 9.17. The van der Waals surface area contributed by atoms with Crippen molar-refractivity contribution in [3.05, 3.63) is 29.8 Å². The fraction of sp³-hybridized carbons (Fsp3) is 0.611. The molecular formula is C18H25N3O4S. The largest absolute Gasteiger partial charge is 0.377 e. The quantitative estimate of drug-likeness (QED) is 0.775. The van der Waals surface area contributed by atoms with E-state index in [2.05, 4.69) is 10.0 Å². The highest BCUT2D eigenvalue weighted by Crippen LogP contribution is 2.27. The van der Waals surface area contributed by atoms with Crippen LogP contribution in [0.5, 0.6) is 0 Å². The van der Waals surface area contributed by atoms with E-state index < -0.39 is 10.0 Å². The molecule has 1 amide bonds. The highest BCUT2D eigenvalue weighted by atomic mass is 32.2. The molecule has 1 aromatic rings. The van der Waals surface area contributed by atoms with Gasteiger partial charge in [-0.1, -0.05) is 0 Å². The predicted molar refractivity (Wildman–Crippen MR) is 96.4 cm³/mol. The van der Waals surface area contributed by atoms with Crippen LogP contribution in [0, 0.1) is 11.8 Å². The number of carbonyl (C=O) groups is 1. The number of hydrogen-bond donors (Lipinski definition) is 2. The van der Waals surface area contributed by atoms with E-state index >= 15 is 0 Å². The molecule has 0 radical (unpaired) electrons. The minimum absolute atomic E-state index is 0.0179. The third-order valence-electron chi connectivity index (χ3n) is 5.61. The van der Waals surface area contributed by atoms with Gasteiger partial charge in [0.15, 0.2) is 0 Å². The minimum atomic E-state index is -3.58. The van der Waals surface area contributed by atoms with Crippen LogP contribution in [0.15, 0.2) is 29.2 Å². The lowest BCUT2D eigenvalue weighted by molar-refractivity contribution is 0.0781. The molecule has 3 atom stereocenters. The van der Waals surface area contributed by atoms with Crippen molar-refractivity contribution in [2.24, 2.45) is 11.8 Å². The Balaban J connectivity index is 1.38. The molecule has 142 valence electrons. The minimum Gasteiger partial charge on any atom is -0.377 e. The highest BCUT2D eigenvalue weighted by molar-refractivity contribution is 7.89. The van der Waals surface area contributed by atoms with Crippen molar-refractivity contribution in [1.29, 1.82) is 0 Å². The van der Waals surface area contributed by atoms with Crippen LogP contribution in [-0.2, 0) is 14.8 Å². The van der Waals surface area contributed by atoms with Gasteiger partial charge in [-0.15, -0.1) is 0 Å². The van der Waals surface area contributed by atoms with Crippen LogP contribution >= 0.6 is 0 Å². The monoisotopic (exact) mass is 379 g/mol. The van der Waals surface area contributed by atoms with Crippen LogP contribution < -0.4 is 10.0 Å². The van der Waals surface area contributed by atoms with E-state index in [1.54, 1.807) is 12.1 Å². The molecule has 2 N–H and O–H groups in total. The summed E-state index contributed by atoms with van der Waals surface area (Å²) >= 11 is 0. The zero-order chi connectivity index (χ0) is 18.1. The number of likely N-dealkylation sites (tertiary alicyclic amines) is 1. The maximum Gasteiger partial charge on any atom is 0.253 e. The number of benzene rings is 1. The maximum absolute atomic E-state index is 12.7. The van der Waals surface area contributed by atoms with Gasteiger partial charge in [0.2, 0.25) is 10.0 Å². The number of sulfonamides is 1. The van der Waals surface area contributed by atoms with Crippen molar-refractivity contribution >= 4 is 15.9 Å². The molecule has 4 rings (SSSR count). The van der Waals surface area contributed by atoms with E-state index in [9.17, 15) is 13.2 Å². The summed E-state index contributed by atoms with van der Waals surface area (Å²) in [5, 5.41) is 3.36. The summed E-state index contributed by atoms with van der Waals surface area (Å²) < 4.78 is 32.8. The summed E-state index contributed by atoms with van der Waals surface area (Å²) in [7, 11) is -3.58. The van der Waals surface area contributed by atoms with Crippen LogP contribution in [0.1, 0.15) is 23.2 Å². The van der Waals surface area contributed by atoms with E-state index in [4.69, 9.17) is 4.74 Å². The summed E-state index contributed by atoms with van der Waals surface area (Å²) in [6.45, 7) is 4.48. The molecule has 0 bridgehead atoms. The van der Waals surface area contributed by atoms with Crippen LogP contribution in [0.25, 0.3) is 0 Å². The summed E-state index contributed by atoms with van der Waals surface area (Å²) in [4.78, 5) is 14.7. The Morgan fingerprint density at radius 2 is 1.88 bits per heavy atom. The van der Waals surface area contributed by atoms with E-state index in [1.807, 2.05) is 4.90 Å². The van der Waals surface area contributed by atoms with Crippen LogP contribution in [0.4, 0.5) is 0 Å². The number of carbonyl (C=O) groups excluding carboxylic acids is 1. The molecule has 8 heteroatoms. The molecule has 3 heterocycles. The van der Waals surface area contributed by atoms with E-state index in [1.165, 1.54) is 12.1 Å². The smallest absolute Gasteiger partial charge is 0.253 e. The Bertz CT molecular complexity index is 747. The molecular weight excluding hydrogens is 354 g/mol. The Morgan fingerprint density at radius 3 is 2.50 bits per heavy atom. The summed E-state index contributed by atoms with van der Waals surface area (Å²) in [5.74, 6) is 1.07. The van der Waals surface area contributed by atoms with E-state index in [0.29, 0.717) is 24.0 Å². The Morgan fingerprint density at radius 1 is 1.19 bits per heavy atom. The first-order valence-corrected chi connectivity index (χ1v) is 10.7. The number of nitrogens with zero attached hydrogens (tertiary/aromatic N) is 1. The maximum atomic E-state index is 12.7. The molecule has 1 aromatic carbocycles. The normalized spacial score (nSPS) is 28.5. The lowest BCUT2D eigenvalue weighted by Crippen LogP contribution is -2.32. The van der Waals surface area contributed by atoms with Gasteiger partial charge >= 0.3 is 0 Å². The van der Waals surface area contributed by atoms with Gasteiger partial charge in [0.05, 0.1) is 11.0 Å². The zero-order valence-corrected chi connectivity index (χ0v) is 15.5. The Labute approximate surface area is 154 Å². The summed E-state index contributed by atoms with van der Waals surface area (Å²) in [5.41, 5.74) is 0.538. The SMILES string of the molecule is O=C(c1ccc(S(=O)(=O)NCC2CCCO2)cc1)N1C[C@H]2CNC[C@H]2C1. The molecule has 0 aliphatic carbocycles. The van der Waals surface area contributed by atoms with Crippen molar-refractivity contribution in [2.45, 2.75) is 23.8 Å². The first kappa shape index (κ1) is 17.9. The number of nitrogens with one attached hydrogen (secondary N) is 2. The van der Waals surface area contributed by atoms with Crippen LogP contribution in [-0.4, -0.2) is 64.7 Å². The molecule has 3 saturated heterocycles. The Kier molecular flexibility index (Phi) is 5.00. The topological polar surface area (TPSA) is 87.7 Å². The third kappa shape index (κ3) is 3.64. The number of rotatable bonds is 5. The lowest BCUT2D eigenvalue weighted by atomic mass is 10.0. The standard InChI is InChI=1S/C18H25N3O4S/c22-18(21-11-14-8-19-9-15(14)12-21)13-3-5-17(6-4-13)26(23,24)20-10-16-2-1-7-25-16/h3-6,14-16,19-20H,1-2,7-12H2/t14-,15+,16?. The van der Waals surface area contributed by atoms with Gasteiger partial charge in [-0.25, -0.2) is 13.1 Å². The van der Waals surface area contributed by atoms with Crippen molar-refractivity contribution in [3.8, 4) is 0 Å². The van der Waals surface area contributed by atoms with Gasteiger partial charge in [0, 0.05) is 44.9 Å². The number of ether oxygens (including phenoxy) is 1. The molecule has 3 aliphatic heterocycles. The van der Waals surface area contributed by atoms with Crippen LogP contribution in [0.2, 0.25) is 0 Å². The second-order valence-electron chi connectivity index (χ2n) is 7.40. The fourth-order valence-electron chi connectivity index (χ4n) is 4.07. The number of hydrogen-bond acceptors (Lipinski definition) is 5. The average Bonchev–Trinajstić information content (AvgIpc) is 3.36. The van der Waals surface area contributed by atoms with Gasteiger partial charge in [-0.3, -0.25) is 4.79 Å². The van der Waals surface area contributed by atoms with Crippen LogP contribution in [0.3, 0.4) is 0 Å². The molecule has 26 heavy (non-hydrogen) atoms. The summed E-state index contributed by atoms with van der Waals surface area (Å²) in [6, 6.07) is 6.22. The molecule has 3 fully saturated rings. The van der Waals surface area contributed by atoms with Gasteiger partial charge in [0.25, 0.3) is 5.91 Å². The molecule has 0 spiro atoms. The molecule has 7 nitrogen and oxygen atoms in total. The molecule has 0 aromatic heterocycles. The average molecular weight is 379 g/mol. The highest BCUT2D eigenvalue weighted by Gasteiger charge is 2.38. The van der Waals surface area contributed by atoms with Gasteiger partial charge in [0.1, 0.15) is 0 Å². The van der Waals surface area contributed by atoms with E-state index in [0.717, 1.165) is 39.0 Å². The number of amides is 1. The van der Waals surface area contributed by atoms with Crippen molar-refractivity contribution in [1.82, 2.24) is 14.9 Å². The van der Waals surface area contributed by atoms with Crippen molar-refractivity contribution < 1.29 is 17.9 Å². The van der Waals surface area contributed by atoms with Crippen molar-refractivity contribution in [3.63, 3.8) is 0 Å². The van der Waals surface area contributed by atoms with Gasteiger partial charge in [-0.2, -0.15) is 0 Å². The first-order chi connectivity index (χ1) is 12.5.